The second kappa shape index (κ2) is 9.61. The van der Waals surface area contributed by atoms with Gasteiger partial charge in [-0.3, -0.25) is 10.00 Å². The van der Waals surface area contributed by atoms with E-state index in [0.717, 1.165) is 70.7 Å². The van der Waals surface area contributed by atoms with Crippen LogP contribution in [0.25, 0.3) is 44.7 Å². The van der Waals surface area contributed by atoms with Crippen LogP contribution in [0.3, 0.4) is 0 Å². The molecule has 2 fully saturated rings. The van der Waals surface area contributed by atoms with Gasteiger partial charge in [-0.15, -0.1) is 0 Å². The van der Waals surface area contributed by atoms with E-state index < -0.39 is 0 Å². The highest BCUT2D eigenvalue weighted by atomic mass is 16.5. The first-order valence-corrected chi connectivity index (χ1v) is 14.4. The van der Waals surface area contributed by atoms with Gasteiger partial charge >= 0.3 is 0 Å². The number of aryl methyl sites for hydroxylation is 3. The van der Waals surface area contributed by atoms with Crippen molar-refractivity contribution in [3.63, 3.8) is 0 Å². The van der Waals surface area contributed by atoms with Crippen molar-refractivity contribution in [2.45, 2.75) is 57.2 Å². The van der Waals surface area contributed by atoms with Gasteiger partial charge in [-0.25, -0.2) is 4.98 Å². The fourth-order valence-corrected chi connectivity index (χ4v) is 7.08. The van der Waals surface area contributed by atoms with Gasteiger partial charge in [-0.05, 0) is 73.4 Å². The minimum absolute atomic E-state index is 0.648. The number of benzene rings is 2. The topological polar surface area (TPSA) is 79.8 Å². The molecule has 8 rings (SSSR count). The molecule has 5 heterocycles. The van der Waals surface area contributed by atoms with E-state index in [-0.39, 0.29) is 0 Å². The average molecular weight is 529 g/mol. The van der Waals surface area contributed by atoms with Gasteiger partial charge in [0, 0.05) is 52.6 Å². The Morgan fingerprint density at radius 3 is 2.33 bits per heavy atom. The van der Waals surface area contributed by atoms with E-state index in [4.69, 9.17) is 9.72 Å². The third-order valence-corrected chi connectivity index (χ3v) is 9.23. The lowest BCUT2D eigenvalue weighted by Crippen LogP contribution is -2.66. The number of H-pyrrole nitrogens is 1. The Morgan fingerprint density at radius 1 is 0.800 bits per heavy atom. The van der Waals surface area contributed by atoms with Gasteiger partial charge in [0.15, 0.2) is 5.65 Å². The summed E-state index contributed by atoms with van der Waals surface area (Å²) in [6, 6.07) is 21.6. The molecule has 2 aliphatic heterocycles. The number of nitrogens with zero attached hydrogens (tertiary/aromatic N) is 5. The normalized spacial score (nSPS) is 22.5. The molecule has 0 amide bonds. The van der Waals surface area contributed by atoms with Crippen molar-refractivity contribution in [3.8, 4) is 33.6 Å². The van der Waals surface area contributed by atoms with Crippen molar-refractivity contribution in [2.24, 2.45) is 0 Å². The van der Waals surface area contributed by atoms with Gasteiger partial charge < -0.3 is 4.74 Å². The summed E-state index contributed by atoms with van der Waals surface area (Å²) in [7, 11) is 0. The molecule has 40 heavy (non-hydrogen) atoms. The van der Waals surface area contributed by atoms with Gasteiger partial charge in [0.2, 0.25) is 0 Å². The fourth-order valence-electron chi connectivity index (χ4n) is 7.08. The van der Waals surface area contributed by atoms with Crippen LogP contribution in [-0.4, -0.2) is 61.6 Å². The minimum atomic E-state index is 0.648. The van der Waals surface area contributed by atoms with Crippen molar-refractivity contribution in [2.75, 3.05) is 13.2 Å². The molecule has 5 aromatic rings. The van der Waals surface area contributed by atoms with Gasteiger partial charge in [0.1, 0.15) is 5.69 Å². The minimum Gasteiger partial charge on any atom is -0.378 e. The van der Waals surface area contributed by atoms with Crippen LogP contribution in [0, 0.1) is 6.92 Å². The molecule has 3 aromatic heterocycles. The Balaban J connectivity index is 1.06. The van der Waals surface area contributed by atoms with Crippen molar-refractivity contribution in [3.05, 3.63) is 83.7 Å². The lowest BCUT2D eigenvalue weighted by Gasteiger charge is -2.56. The number of morpholine rings is 1. The van der Waals surface area contributed by atoms with Crippen LogP contribution in [-0.2, 0) is 17.6 Å². The summed E-state index contributed by atoms with van der Waals surface area (Å²) in [4.78, 5) is 7.52. The molecule has 3 aliphatic rings. The Morgan fingerprint density at radius 2 is 1.55 bits per heavy atom. The molecule has 7 nitrogen and oxygen atoms in total. The predicted molar refractivity (Wildman–Crippen MR) is 156 cm³/mol. The van der Waals surface area contributed by atoms with Crippen LogP contribution in [0.2, 0.25) is 0 Å². The van der Waals surface area contributed by atoms with Crippen LogP contribution in [0.4, 0.5) is 0 Å². The SMILES string of the molecule is Cc1ccnnc1-c1ccc(-c2n[nH]c3ncc(-c4ccc5c(c4)CC[C@@H](N4C6COCC4C6)CC5)cc23)cc1. The smallest absolute Gasteiger partial charge is 0.155 e. The maximum absolute atomic E-state index is 5.74. The summed E-state index contributed by atoms with van der Waals surface area (Å²) >= 11 is 0. The number of nitrogens with one attached hydrogen (secondary N) is 1. The number of aromatic nitrogens is 5. The van der Waals surface area contributed by atoms with Crippen molar-refractivity contribution in [1.29, 1.82) is 0 Å². The molecule has 200 valence electrons. The van der Waals surface area contributed by atoms with Crippen LogP contribution >= 0.6 is 0 Å². The molecule has 0 saturated carbocycles. The highest BCUT2D eigenvalue weighted by Gasteiger charge is 2.45. The molecular formula is C33H32N6O. The standard InChI is InChI=1S/C33H32N6O/c1-20-12-13-35-36-31(20)22-3-5-23(6-4-22)32-30-15-26(17-34-33(30)38-37-32)25-7-2-21-8-10-27(11-9-24(21)14-25)39-28-16-29(39)19-40-18-28/h2-7,12-15,17,27-29H,8-11,16,18-19H2,1H3,(H,34,37,38)/t27-,28?,29?/m0/s1. The number of hydrogen-bond donors (Lipinski definition) is 1. The van der Waals surface area contributed by atoms with Crippen LogP contribution < -0.4 is 0 Å². The highest BCUT2D eigenvalue weighted by Crippen LogP contribution is 2.38. The molecule has 2 unspecified atom stereocenters. The number of pyridine rings is 1. The lowest BCUT2D eigenvalue weighted by atomic mass is 9.87. The van der Waals surface area contributed by atoms with E-state index in [2.05, 4.69) is 80.7 Å². The molecule has 7 heteroatoms. The molecule has 3 atom stereocenters. The molecule has 2 saturated heterocycles. The van der Waals surface area contributed by atoms with Crippen LogP contribution in [0.15, 0.2) is 67.0 Å². The Kier molecular flexibility index (Phi) is 5.74. The van der Waals surface area contributed by atoms with Crippen molar-refractivity contribution in [1.82, 2.24) is 30.3 Å². The summed E-state index contributed by atoms with van der Waals surface area (Å²) in [5.74, 6) is 0. The maximum Gasteiger partial charge on any atom is 0.155 e. The van der Waals surface area contributed by atoms with E-state index in [1.807, 2.05) is 12.3 Å². The van der Waals surface area contributed by atoms with Crippen LogP contribution in [0.1, 0.15) is 36.0 Å². The average Bonchev–Trinajstić information content (AvgIpc) is 3.32. The zero-order chi connectivity index (χ0) is 26.6. The third kappa shape index (κ3) is 4.03. The van der Waals surface area contributed by atoms with E-state index in [9.17, 15) is 0 Å². The Hall–Kier alpha value is -3.94. The maximum atomic E-state index is 5.74. The van der Waals surface area contributed by atoms with Gasteiger partial charge in [-0.1, -0.05) is 42.5 Å². The molecular weight excluding hydrogens is 496 g/mol. The fraction of sp³-hybridized carbons (Fsp3) is 0.333. The zero-order valence-corrected chi connectivity index (χ0v) is 22.7. The monoisotopic (exact) mass is 528 g/mol. The van der Waals surface area contributed by atoms with Gasteiger partial charge in [0.05, 0.1) is 18.9 Å². The second-order valence-corrected chi connectivity index (χ2v) is 11.6. The zero-order valence-electron chi connectivity index (χ0n) is 22.7. The summed E-state index contributed by atoms with van der Waals surface area (Å²) < 4.78 is 5.74. The quantitative estimate of drug-likeness (QED) is 0.298. The second-order valence-electron chi connectivity index (χ2n) is 11.6. The third-order valence-electron chi connectivity index (χ3n) is 9.23. The number of aromatic amines is 1. The van der Waals surface area contributed by atoms with Gasteiger partial charge in [0.25, 0.3) is 0 Å². The molecule has 2 bridgehead atoms. The van der Waals surface area contributed by atoms with Gasteiger partial charge in [-0.2, -0.15) is 15.3 Å². The number of hydrogen-bond acceptors (Lipinski definition) is 6. The molecule has 1 N–H and O–H groups in total. The Bertz CT molecular complexity index is 1700. The number of fused-ring (bicyclic) bond motifs is 4. The van der Waals surface area contributed by atoms with Crippen molar-refractivity contribution < 1.29 is 4.74 Å². The van der Waals surface area contributed by atoms with E-state index in [1.165, 1.54) is 36.0 Å². The molecule has 0 radical (unpaired) electrons. The van der Waals surface area contributed by atoms with E-state index in [0.29, 0.717) is 18.1 Å². The predicted octanol–water partition coefficient (Wildman–Crippen LogP) is 5.78. The summed E-state index contributed by atoms with van der Waals surface area (Å²) in [6.07, 6.45) is 9.79. The molecule has 1 aliphatic carbocycles. The summed E-state index contributed by atoms with van der Waals surface area (Å²) in [6.45, 7) is 3.89. The first-order chi connectivity index (χ1) is 19.7. The highest BCUT2D eigenvalue weighted by molar-refractivity contribution is 5.93. The largest absolute Gasteiger partial charge is 0.378 e. The number of ether oxygens (including phenoxy) is 1. The van der Waals surface area contributed by atoms with Crippen LogP contribution in [0.5, 0.6) is 0 Å². The van der Waals surface area contributed by atoms with E-state index >= 15 is 0 Å². The summed E-state index contributed by atoms with van der Waals surface area (Å²) in [5.41, 5.74) is 11.2. The summed E-state index contributed by atoms with van der Waals surface area (Å²) in [5, 5.41) is 17.2. The Labute approximate surface area is 233 Å². The molecule has 2 aromatic carbocycles. The first-order valence-electron chi connectivity index (χ1n) is 14.4. The van der Waals surface area contributed by atoms with Crippen molar-refractivity contribution >= 4 is 11.0 Å². The first kappa shape index (κ1) is 23.9. The lowest BCUT2D eigenvalue weighted by molar-refractivity contribution is -0.148. The molecule has 0 spiro atoms. The van der Waals surface area contributed by atoms with E-state index in [1.54, 1.807) is 6.20 Å². The number of rotatable bonds is 4.